The van der Waals surface area contributed by atoms with Crippen LogP contribution in [-0.4, -0.2) is 59.9 Å². The molecule has 3 N–H and O–H groups in total. The summed E-state index contributed by atoms with van der Waals surface area (Å²) in [6.45, 7) is 6.40. The van der Waals surface area contributed by atoms with Crippen molar-refractivity contribution in [2.45, 2.75) is 45.1 Å². The van der Waals surface area contributed by atoms with Gasteiger partial charge in [0.25, 0.3) is 0 Å². The molecule has 0 aromatic carbocycles. The summed E-state index contributed by atoms with van der Waals surface area (Å²) in [7, 11) is 0. The van der Waals surface area contributed by atoms with Crippen LogP contribution in [0.2, 0.25) is 0 Å². The standard InChI is InChI=1S/C14H28N2O3/c1-2-7-16-10-12(4-5-14(18)19)9-13(11-16)15-6-3-8-17/h12-13,15,17H,2-11H2,1H3,(H,18,19). The van der Waals surface area contributed by atoms with E-state index in [9.17, 15) is 4.79 Å². The van der Waals surface area contributed by atoms with Crippen LogP contribution in [0.3, 0.4) is 0 Å². The minimum Gasteiger partial charge on any atom is -0.481 e. The first-order valence-electron chi connectivity index (χ1n) is 7.44. The van der Waals surface area contributed by atoms with Crippen LogP contribution in [0, 0.1) is 5.92 Å². The SMILES string of the molecule is CCCN1CC(CCC(=O)O)CC(NCCCO)C1. The van der Waals surface area contributed by atoms with Gasteiger partial charge in [0.1, 0.15) is 0 Å². The van der Waals surface area contributed by atoms with Crippen LogP contribution in [-0.2, 0) is 4.79 Å². The summed E-state index contributed by atoms with van der Waals surface area (Å²) < 4.78 is 0. The molecule has 1 rings (SSSR count). The molecular weight excluding hydrogens is 244 g/mol. The minimum atomic E-state index is -0.697. The quantitative estimate of drug-likeness (QED) is 0.544. The topological polar surface area (TPSA) is 72.8 Å². The molecule has 0 aromatic rings. The Morgan fingerprint density at radius 3 is 2.84 bits per heavy atom. The average Bonchev–Trinajstić information content (AvgIpc) is 2.37. The van der Waals surface area contributed by atoms with Gasteiger partial charge < -0.3 is 20.4 Å². The lowest BCUT2D eigenvalue weighted by Gasteiger charge is -2.38. The molecule has 2 atom stereocenters. The van der Waals surface area contributed by atoms with Gasteiger partial charge >= 0.3 is 5.97 Å². The van der Waals surface area contributed by atoms with Crippen molar-refractivity contribution in [3.8, 4) is 0 Å². The van der Waals surface area contributed by atoms with Crippen LogP contribution in [0.1, 0.15) is 39.0 Å². The van der Waals surface area contributed by atoms with Gasteiger partial charge in [0.05, 0.1) is 0 Å². The number of aliphatic hydroxyl groups is 1. The number of hydrogen-bond acceptors (Lipinski definition) is 4. The van der Waals surface area contributed by atoms with E-state index in [0.29, 0.717) is 12.0 Å². The Bertz CT molecular complexity index is 261. The van der Waals surface area contributed by atoms with Gasteiger partial charge in [0, 0.05) is 32.2 Å². The highest BCUT2D eigenvalue weighted by Crippen LogP contribution is 2.21. The molecular formula is C14H28N2O3. The predicted octanol–water partition coefficient (Wildman–Crippen LogP) is 0.924. The Labute approximate surface area is 116 Å². The van der Waals surface area contributed by atoms with Crippen LogP contribution >= 0.6 is 0 Å². The minimum absolute atomic E-state index is 0.223. The number of nitrogens with zero attached hydrogens (tertiary/aromatic N) is 1. The number of rotatable bonds is 9. The Morgan fingerprint density at radius 1 is 1.42 bits per heavy atom. The molecule has 0 saturated carbocycles. The van der Waals surface area contributed by atoms with Crippen molar-refractivity contribution < 1.29 is 15.0 Å². The number of carbonyl (C=O) groups is 1. The third-order valence-corrected chi connectivity index (χ3v) is 3.69. The average molecular weight is 272 g/mol. The van der Waals surface area contributed by atoms with E-state index in [-0.39, 0.29) is 13.0 Å². The molecule has 1 aliphatic heterocycles. The summed E-state index contributed by atoms with van der Waals surface area (Å²) in [5.41, 5.74) is 0. The van der Waals surface area contributed by atoms with E-state index in [4.69, 9.17) is 10.2 Å². The van der Waals surface area contributed by atoms with Crippen LogP contribution < -0.4 is 5.32 Å². The highest BCUT2D eigenvalue weighted by molar-refractivity contribution is 5.66. The fourth-order valence-corrected chi connectivity index (χ4v) is 2.87. The lowest BCUT2D eigenvalue weighted by atomic mass is 9.90. The molecule has 1 aliphatic rings. The van der Waals surface area contributed by atoms with Crippen LogP contribution in [0.15, 0.2) is 0 Å². The molecule has 5 heteroatoms. The van der Waals surface area contributed by atoms with Crippen molar-refractivity contribution in [3.63, 3.8) is 0 Å². The van der Waals surface area contributed by atoms with E-state index in [1.54, 1.807) is 0 Å². The lowest BCUT2D eigenvalue weighted by Crippen LogP contribution is -2.49. The second-order valence-electron chi connectivity index (χ2n) is 5.52. The van der Waals surface area contributed by atoms with Crippen LogP contribution in [0.25, 0.3) is 0 Å². The number of aliphatic hydroxyl groups excluding tert-OH is 1. The fraction of sp³-hybridized carbons (Fsp3) is 0.929. The fourth-order valence-electron chi connectivity index (χ4n) is 2.87. The maximum Gasteiger partial charge on any atom is 0.303 e. The predicted molar refractivity (Wildman–Crippen MR) is 75.2 cm³/mol. The summed E-state index contributed by atoms with van der Waals surface area (Å²) in [4.78, 5) is 13.1. The molecule has 5 nitrogen and oxygen atoms in total. The molecule has 0 bridgehead atoms. The van der Waals surface area contributed by atoms with Crippen molar-refractivity contribution >= 4 is 5.97 Å². The Balaban J connectivity index is 2.40. The zero-order valence-electron chi connectivity index (χ0n) is 12.0. The first-order valence-corrected chi connectivity index (χ1v) is 7.44. The van der Waals surface area contributed by atoms with Gasteiger partial charge in [-0.3, -0.25) is 4.79 Å². The third-order valence-electron chi connectivity index (χ3n) is 3.69. The maximum atomic E-state index is 10.7. The number of piperidine rings is 1. The highest BCUT2D eigenvalue weighted by atomic mass is 16.4. The van der Waals surface area contributed by atoms with Crippen LogP contribution in [0.4, 0.5) is 0 Å². The number of carboxylic acid groups (broad SMARTS) is 1. The largest absolute Gasteiger partial charge is 0.481 e. The molecule has 1 heterocycles. The molecule has 0 amide bonds. The summed E-state index contributed by atoms with van der Waals surface area (Å²) in [5, 5.41) is 21.1. The molecule has 0 spiro atoms. The first-order chi connectivity index (χ1) is 9.15. The van der Waals surface area contributed by atoms with Gasteiger partial charge in [-0.25, -0.2) is 0 Å². The number of aliphatic carboxylic acids is 1. The number of nitrogens with one attached hydrogen (secondary N) is 1. The molecule has 0 aromatic heterocycles. The zero-order chi connectivity index (χ0) is 14.1. The number of carboxylic acids is 1. The van der Waals surface area contributed by atoms with E-state index in [0.717, 1.165) is 51.9 Å². The molecule has 1 saturated heterocycles. The monoisotopic (exact) mass is 272 g/mol. The van der Waals surface area contributed by atoms with Gasteiger partial charge in [0.2, 0.25) is 0 Å². The van der Waals surface area contributed by atoms with Crippen molar-refractivity contribution in [2.75, 3.05) is 32.8 Å². The summed E-state index contributed by atoms with van der Waals surface area (Å²) >= 11 is 0. The van der Waals surface area contributed by atoms with Crippen molar-refractivity contribution in [1.82, 2.24) is 10.2 Å². The van der Waals surface area contributed by atoms with Crippen molar-refractivity contribution in [3.05, 3.63) is 0 Å². The van der Waals surface area contributed by atoms with E-state index in [1.165, 1.54) is 0 Å². The zero-order valence-corrected chi connectivity index (χ0v) is 12.0. The molecule has 1 fully saturated rings. The summed E-state index contributed by atoms with van der Waals surface area (Å²) in [5.74, 6) is -0.222. The van der Waals surface area contributed by atoms with E-state index >= 15 is 0 Å². The molecule has 0 aliphatic carbocycles. The van der Waals surface area contributed by atoms with Crippen molar-refractivity contribution in [1.29, 1.82) is 0 Å². The molecule has 19 heavy (non-hydrogen) atoms. The maximum absolute atomic E-state index is 10.7. The van der Waals surface area contributed by atoms with E-state index in [1.807, 2.05) is 0 Å². The molecule has 112 valence electrons. The smallest absolute Gasteiger partial charge is 0.303 e. The van der Waals surface area contributed by atoms with Crippen LogP contribution in [0.5, 0.6) is 0 Å². The first kappa shape index (κ1) is 16.4. The molecule has 0 radical (unpaired) electrons. The number of likely N-dealkylation sites (tertiary alicyclic amines) is 1. The van der Waals surface area contributed by atoms with E-state index in [2.05, 4.69) is 17.1 Å². The highest BCUT2D eigenvalue weighted by Gasteiger charge is 2.26. The van der Waals surface area contributed by atoms with Gasteiger partial charge in [-0.1, -0.05) is 6.92 Å². The van der Waals surface area contributed by atoms with Gasteiger partial charge in [-0.05, 0) is 44.7 Å². The third kappa shape index (κ3) is 6.89. The Kier molecular flexibility index (Phi) is 8.02. The molecule has 2 unspecified atom stereocenters. The second kappa shape index (κ2) is 9.28. The van der Waals surface area contributed by atoms with Gasteiger partial charge in [-0.15, -0.1) is 0 Å². The van der Waals surface area contributed by atoms with Crippen molar-refractivity contribution in [2.24, 2.45) is 5.92 Å². The summed E-state index contributed by atoms with van der Waals surface area (Å²) in [6.07, 6.45) is 4.01. The number of hydrogen-bond donors (Lipinski definition) is 3. The van der Waals surface area contributed by atoms with E-state index < -0.39 is 5.97 Å². The van der Waals surface area contributed by atoms with Gasteiger partial charge in [0.15, 0.2) is 0 Å². The van der Waals surface area contributed by atoms with Gasteiger partial charge in [-0.2, -0.15) is 0 Å². The normalized spacial score (nSPS) is 24.5. The summed E-state index contributed by atoms with van der Waals surface area (Å²) in [6, 6.07) is 0.436. The second-order valence-corrected chi connectivity index (χ2v) is 5.52. The lowest BCUT2D eigenvalue weighted by molar-refractivity contribution is -0.137. The Morgan fingerprint density at radius 2 is 2.21 bits per heavy atom. The Hall–Kier alpha value is -0.650.